The number of ether oxygens (including phenoxy) is 3. The Kier molecular flexibility index (Phi) is 8.85. The normalized spacial score (nSPS) is 10.1. The smallest absolute Gasteiger partial charge is 0.257 e. The number of benzene rings is 3. The average molecular weight is 463 g/mol. The van der Waals surface area contributed by atoms with E-state index in [1.54, 1.807) is 24.3 Å². The average Bonchev–Trinajstić information content (AvgIpc) is 2.82. The second-order valence-corrected chi connectivity index (χ2v) is 7.62. The van der Waals surface area contributed by atoms with Gasteiger partial charge in [-0.25, -0.2) is 0 Å². The van der Waals surface area contributed by atoms with Crippen LogP contribution >= 0.6 is 12.2 Å². The maximum absolute atomic E-state index is 12.6. The fourth-order valence-corrected chi connectivity index (χ4v) is 2.95. The number of hydrogen-bond donors (Lipinski definition) is 2. The molecule has 0 atom stereocenters. The summed E-state index contributed by atoms with van der Waals surface area (Å²) in [5.74, 6) is 1.75. The lowest BCUT2D eigenvalue weighted by Gasteiger charge is -2.12. The molecule has 3 rings (SSSR count). The molecule has 0 aromatic heterocycles. The van der Waals surface area contributed by atoms with Gasteiger partial charge in [-0.1, -0.05) is 30.8 Å². The number of para-hydroxylation sites is 1. The molecule has 3 aromatic rings. The van der Waals surface area contributed by atoms with Crippen molar-refractivity contribution in [1.82, 2.24) is 5.32 Å². The van der Waals surface area contributed by atoms with E-state index < -0.39 is 0 Å². The zero-order valence-electron chi connectivity index (χ0n) is 18.4. The fraction of sp³-hybridized carbons (Fsp3) is 0.154. The minimum atomic E-state index is -0.333. The van der Waals surface area contributed by atoms with Gasteiger partial charge in [0.15, 0.2) is 5.11 Å². The first-order valence-corrected chi connectivity index (χ1v) is 10.8. The fourth-order valence-electron chi connectivity index (χ4n) is 2.74. The van der Waals surface area contributed by atoms with Crippen LogP contribution in [0.1, 0.15) is 17.3 Å². The molecule has 33 heavy (non-hydrogen) atoms. The molecule has 0 aliphatic rings. The van der Waals surface area contributed by atoms with Crippen molar-refractivity contribution in [2.24, 2.45) is 0 Å². The summed E-state index contributed by atoms with van der Waals surface area (Å²) in [6.07, 6.45) is 0. The second-order valence-electron chi connectivity index (χ2n) is 7.22. The largest absolute Gasteiger partial charge is 0.490 e. The molecule has 0 aliphatic heterocycles. The molecule has 2 N–H and O–H groups in total. The van der Waals surface area contributed by atoms with E-state index in [1.807, 2.05) is 61.5 Å². The van der Waals surface area contributed by atoms with Crippen molar-refractivity contribution >= 4 is 28.9 Å². The molecule has 0 unspecified atom stereocenters. The highest BCUT2D eigenvalue weighted by atomic mass is 32.1. The number of carbonyl (C=O) groups excluding carboxylic acids is 1. The van der Waals surface area contributed by atoms with Crippen molar-refractivity contribution in [1.29, 1.82) is 0 Å². The van der Waals surface area contributed by atoms with Crippen molar-refractivity contribution in [2.45, 2.75) is 6.92 Å². The quantitative estimate of drug-likeness (QED) is 0.244. The molecule has 0 saturated carbocycles. The molecule has 7 heteroatoms. The monoisotopic (exact) mass is 462 g/mol. The minimum Gasteiger partial charge on any atom is -0.490 e. The van der Waals surface area contributed by atoms with Crippen LogP contribution in [0.5, 0.6) is 17.2 Å². The van der Waals surface area contributed by atoms with Crippen LogP contribution in [0.4, 0.5) is 5.69 Å². The topological polar surface area (TPSA) is 68.8 Å². The van der Waals surface area contributed by atoms with Crippen LogP contribution in [-0.4, -0.2) is 30.8 Å². The maximum atomic E-state index is 12.6. The van der Waals surface area contributed by atoms with Crippen LogP contribution in [0.25, 0.3) is 0 Å². The number of amides is 1. The summed E-state index contributed by atoms with van der Waals surface area (Å²) >= 11 is 5.26. The highest BCUT2D eigenvalue weighted by Gasteiger charge is 2.09. The summed E-state index contributed by atoms with van der Waals surface area (Å²) in [6.45, 7) is 6.92. The zero-order valence-corrected chi connectivity index (χ0v) is 19.2. The van der Waals surface area contributed by atoms with Gasteiger partial charge in [-0.05, 0) is 79.3 Å². The van der Waals surface area contributed by atoms with Gasteiger partial charge in [0.05, 0.1) is 0 Å². The molecule has 0 spiro atoms. The van der Waals surface area contributed by atoms with Gasteiger partial charge in [-0.15, -0.1) is 0 Å². The Hall–Kier alpha value is -3.84. The van der Waals surface area contributed by atoms with Gasteiger partial charge in [0.1, 0.15) is 37.1 Å². The first kappa shape index (κ1) is 23.8. The van der Waals surface area contributed by atoms with Crippen molar-refractivity contribution in [2.75, 3.05) is 25.1 Å². The number of thiocarbonyl (C=S) groups is 1. The van der Waals surface area contributed by atoms with Gasteiger partial charge in [-0.3, -0.25) is 10.1 Å². The molecule has 0 bridgehead atoms. The summed E-state index contributed by atoms with van der Waals surface area (Å²) in [6, 6.07) is 23.7. The molecule has 3 aromatic carbocycles. The number of hydrogen-bond acceptors (Lipinski definition) is 5. The number of nitrogens with one attached hydrogen (secondary N) is 2. The van der Waals surface area contributed by atoms with E-state index in [0.717, 1.165) is 22.8 Å². The van der Waals surface area contributed by atoms with Gasteiger partial charge in [0.25, 0.3) is 5.91 Å². The predicted molar refractivity (Wildman–Crippen MR) is 134 cm³/mol. The van der Waals surface area contributed by atoms with E-state index in [2.05, 4.69) is 17.2 Å². The van der Waals surface area contributed by atoms with Crippen LogP contribution in [0, 0.1) is 0 Å². The number of carbonyl (C=O) groups is 1. The van der Waals surface area contributed by atoms with E-state index in [-0.39, 0.29) is 11.0 Å². The molecule has 6 nitrogen and oxygen atoms in total. The van der Waals surface area contributed by atoms with Crippen LogP contribution in [0.2, 0.25) is 0 Å². The van der Waals surface area contributed by atoms with Crippen molar-refractivity contribution in [3.8, 4) is 17.2 Å². The Balaban J connectivity index is 1.45. The third-order valence-corrected chi connectivity index (χ3v) is 4.49. The standard InChI is InChI=1S/C26H26N2O4S/c1-19(2)18-32-23-13-11-21(12-14-23)27-26(33)28-25(29)20-7-6-10-24(17-20)31-16-15-30-22-8-4-3-5-9-22/h3-14,17H,1,15-16,18H2,2H3,(H2,27,28,29,33). The van der Waals surface area contributed by atoms with E-state index >= 15 is 0 Å². The molecule has 0 heterocycles. The Morgan fingerprint density at radius 2 is 1.48 bits per heavy atom. The van der Waals surface area contributed by atoms with E-state index in [1.165, 1.54) is 0 Å². The zero-order chi connectivity index (χ0) is 23.5. The summed E-state index contributed by atoms with van der Waals surface area (Å²) in [5, 5.41) is 5.85. The molecule has 170 valence electrons. The van der Waals surface area contributed by atoms with Gasteiger partial charge in [-0.2, -0.15) is 0 Å². The first-order chi connectivity index (χ1) is 16.0. The molecule has 0 aliphatic carbocycles. The minimum absolute atomic E-state index is 0.193. The van der Waals surface area contributed by atoms with E-state index in [9.17, 15) is 4.79 Å². The third-order valence-electron chi connectivity index (χ3n) is 4.28. The van der Waals surface area contributed by atoms with E-state index in [4.69, 9.17) is 26.4 Å². The lowest BCUT2D eigenvalue weighted by molar-refractivity contribution is 0.0977. The second kappa shape index (κ2) is 12.3. The summed E-state index contributed by atoms with van der Waals surface area (Å²) in [4.78, 5) is 12.6. The first-order valence-electron chi connectivity index (χ1n) is 10.4. The summed E-state index contributed by atoms with van der Waals surface area (Å²) < 4.78 is 16.9. The van der Waals surface area contributed by atoms with Crippen molar-refractivity contribution in [3.05, 3.63) is 96.6 Å². The molecular weight excluding hydrogens is 436 g/mol. The summed E-state index contributed by atoms with van der Waals surface area (Å²) in [7, 11) is 0. The molecule has 0 fully saturated rings. The highest BCUT2D eigenvalue weighted by Crippen LogP contribution is 2.17. The number of anilines is 1. The Morgan fingerprint density at radius 1 is 0.848 bits per heavy atom. The lowest BCUT2D eigenvalue weighted by Crippen LogP contribution is -2.34. The maximum Gasteiger partial charge on any atom is 0.257 e. The van der Waals surface area contributed by atoms with Crippen LogP contribution in [0.15, 0.2) is 91.0 Å². The Morgan fingerprint density at radius 3 is 2.18 bits per heavy atom. The van der Waals surface area contributed by atoms with Crippen LogP contribution in [0.3, 0.4) is 0 Å². The Bertz CT molecular complexity index is 1080. The van der Waals surface area contributed by atoms with Crippen molar-refractivity contribution < 1.29 is 19.0 Å². The third kappa shape index (κ3) is 8.31. The van der Waals surface area contributed by atoms with Gasteiger partial charge in [0, 0.05) is 11.3 Å². The van der Waals surface area contributed by atoms with Gasteiger partial charge in [0.2, 0.25) is 0 Å². The van der Waals surface area contributed by atoms with Crippen molar-refractivity contribution in [3.63, 3.8) is 0 Å². The van der Waals surface area contributed by atoms with Crippen LogP contribution < -0.4 is 24.8 Å². The van der Waals surface area contributed by atoms with Crippen LogP contribution in [-0.2, 0) is 0 Å². The lowest BCUT2D eigenvalue weighted by atomic mass is 10.2. The van der Waals surface area contributed by atoms with E-state index in [0.29, 0.717) is 31.1 Å². The van der Waals surface area contributed by atoms with Gasteiger partial charge >= 0.3 is 0 Å². The summed E-state index contributed by atoms with van der Waals surface area (Å²) in [5.41, 5.74) is 2.11. The predicted octanol–water partition coefficient (Wildman–Crippen LogP) is 5.23. The van der Waals surface area contributed by atoms with Gasteiger partial charge < -0.3 is 19.5 Å². The molecule has 0 saturated heterocycles. The molecular formula is C26H26N2O4S. The Labute approximate surface area is 199 Å². The molecule has 0 radical (unpaired) electrons. The molecule has 1 amide bonds. The highest BCUT2D eigenvalue weighted by molar-refractivity contribution is 7.80. The number of rotatable bonds is 10. The SMILES string of the molecule is C=C(C)COc1ccc(NC(=S)NC(=O)c2cccc(OCCOc3ccccc3)c2)cc1.